The molecule has 0 radical (unpaired) electrons. The van der Waals surface area contributed by atoms with Crippen LogP contribution in [-0.2, 0) is 0 Å². The summed E-state index contributed by atoms with van der Waals surface area (Å²) in [4.78, 5) is 4.54. The van der Waals surface area contributed by atoms with Crippen molar-refractivity contribution in [1.82, 2.24) is 4.98 Å². The highest BCUT2D eigenvalue weighted by molar-refractivity contribution is 5.28. The van der Waals surface area contributed by atoms with E-state index in [0.717, 1.165) is 11.4 Å². The first-order chi connectivity index (χ1) is 8.75. The molecule has 92 valence electrons. The van der Waals surface area contributed by atoms with Gasteiger partial charge in [-0.25, -0.2) is 0 Å². The van der Waals surface area contributed by atoms with Gasteiger partial charge < -0.3 is 5.73 Å². The van der Waals surface area contributed by atoms with Gasteiger partial charge in [-0.05, 0) is 42.9 Å². The Balaban J connectivity index is 1.75. The minimum atomic E-state index is 0.0649. The number of pyridine rings is 1. The maximum absolute atomic E-state index is 6.33. The van der Waals surface area contributed by atoms with Crippen LogP contribution >= 0.6 is 0 Å². The van der Waals surface area contributed by atoms with Crippen molar-refractivity contribution >= 4 is 0 Å². The van der Waals surface area contributed by atoms with Crippen molar-refractivity contribution in [2.24, 2.45) is 11.7 Å². The Morgan fingerprint density at radius 1 is 1.11 bits per heavy atom. The van der Waals surface area contributed by atoms with Crippen molar-refractivity contribution in [2.45, 2.75) is 25.3 Å². The first-order valence-corrected chi connectivity index (χ1v) is 6.50. The van der Waals surface area contributed by atoms with Crippen molar-refractivity contribution in [3.05, 3.63) is 65.5 Å². The molecule has 0 bridgehead atoms. The maximum Gasteiger partial charge on any atom is 0.0577 e. The number of benzene rings is 1. The zero-order valence-electron chi connectivity index (χ0n) is 10.6. The molecule has 3 atom stereocenters. The van der Waals surface area contributed by atoms with E-state index in [-0.39, 0.29) is 6.04 Å². The summed E-state index contributed by atoms with van der Waals surface area (Å²) in [5.74, 6) is 1.16. The Kier molecular flexibility index (Phi) is 2.88. The molecule has 1 aliphatic carbocycles. The van der Waals surface area contributed by atoms with Crippen LogP contribution in [0.4, 0.5) is 0 Å². The number of nitrogens with zero attached hydrogens (tertiary/aromatic N) is 1. The van der Waals surface area contributed by atoms with Gasteiger partial charge in [-0.15, -0.1) is 0 Å². The third-order valence-electron chi connectivity index (χ3n) is 3.78. The van der Waals surface area contributed by atoms with Gasteiger partial charge in [-0.3, -0.25) is 4.98 Å². The Morgan fingerprint density at radius 2 is 1.89 bits per heavy atom. The molecule has 1 aromatic carbocycles. The highest BCUT2D eigenvalue weighted by Crippen LogP contribution is 2.52. The molecule has 0 spiro atoms. The van der Waals surface area contributed by atoms with Gasteiger partial charge in [0.1, 0.15) is 0 Å². The van der Waals surface area contributed by atoms with Crippen molar-refractivity contribution in [3.8, 4) is 0 Å². The summed E-state index contributed by atoms with van der Waals surface area (Å²) in [6.45, 7) is 2.01. The van der Waals surface area contributed by atoms with Crippen LogP contribution in [0.2, 0.25) is 0 Å². The maximum atomic E-state index is 6.33. The molecule has 3 rings (SSSR count). The van der Waals surface area contributed by atoms with Crippen molar-refractivity contribution in [2.75, 3.05) is 0 Å². The predicted molar refractivity (Wildman–Crippen MR) is 73.2 cm³/mol. The van der Waals surface area contributed by atoms with Crippen LogP contribution in [0.15, 0.2) is 48.5 Å². The molecule has 1 heterocycles. The summed E-state index contributed by atoms with van der Waals surface area (Å²) in [5, 5.41) is 0. The fourth-order valence-electron chi connectivity index (χ4n) is 2.66. The van der Waals surface area contributed by atoms with Crippen LogP contribution in [0.25, 0.3) is 0 Å². The van der Waals surface area contributed by atoms with Crippen LogP contribution in [-0.4, -0.2) is 4.98 Å². The normalized spacial score (nSPS) is 23.7. The minimum Gasteiger partial charge on any atom is -0.322 e. The third-order valence-corrected chi connectivity index (χ3v) is 3.78. The average molecular weight is 238 g/mol. The van der Waals surface area contributed by atoms with Gasteiger partial charge in [0, 0.05) is 5.69 Å². The van der Waals surface area contributed by atoms with Gasteiger partial charge in [-0.1, -0.05) is 36.4 Å². The van der Waals surface area contributed by atoms with E-state index in [1.165, 1.54) is 12.0 Å². The molecule has 0 aliphatic heterocycles. The zero-order valence-corrected chi connectivity index (χ0v) is 10.6. The highest BCUT2D eigenvalue weighted by atomic mass is 14.8. The van der Waals surface area contributed by atoms with Crippen LogP contribution in [0.5, 0.6) is 0 Å². The van der Waals surface area contributed by atoms with Gasteiger partial charge >= 0.3 is 0 Å². The molecule has 3 unspecified atom stereocenters. The fraction of sp³-hybridized carbons (Fsp3) is 0.312. The predicted octanol–water partition coefficient (Wildman–Crippen LogP) is 3.19. The first kappa shape index (κ1) is 11.4. The van der Waals surface area contributed by atoms with E-state index < -0.39 is 0 Å². The quantitative estimate of drug-likeness (QED) is 0.891. The molecule has 2 aromatic rings. The van der Waals surface area contributed by atoms with Gasteiger partial charge in [0.05, 0.1) is 11.7 Å². The molecule has 1 fully saturated rings. The average Bonchev–Trinajstić information content (AvgIpc) is 3.19. The number of rotatable bonds is 3. The third kappa shape index (κ3) is 2.16. The molecule has 2 heteroatoms. The number of aryl methyl sites for hydroxylation is 1. The van der Waals surface area contributed by atoms with E-state index in [0.29, 0.717) is 11.8 Å². The molecular formula is C16H18N2. The molecule has 0 saturated heterocycles. The van der Waals surface area contributed by atoms with Crippen LogP contribution in [0, 0.1) is 12.8 Å². The van der Waals surface area contributed by atoms with Crippen LogP contribution in [0.3, 0.4) is 0 Å². The summed E-state index contributed by atoms with van der Waals surface area (Å²) < 4.78 is 0. The Morgan fingerprint density at radius 3 is 2.61 bits per heavy atom. The molecule has 1 aliphatic rings. The van der Waals surface area contributed by atoms with E-state index >= 15 is 0 Å². The molecule has 1 saturated carbocycles. The van der Waals surface area contributed by atoms with E-state index in [2.05, 4.69) is 35.3 Å². The second kappa shape index (κ2) is 4.54. The summed E-state index contributed by atoms with van der Waals surface area (Å²) in [6, 6.07) is 16.8. The van der Waals surface area contributed by atoms with Gasteiger partial charge in [0.2, 0.25) is 0 Å². The topological polar surface area (TPSA) is 38.9 Å². The SMILES string of the molecule is Cc1cccc(C(N)C2CC2c2ccccc2)n1. The van der Waals surface area contributed by atoms with E-state index in [1.54, 1.807) is 0 Å². The lowest BCUT2D eigenvalue weighted by molar-refractivity contribution is 0.597. The minimum absolute atomic E-state index is 0.0649. The van der Waals surface area contributed by atoms with Gasteiger partial charge in [0.25, 0.3) is 0 Å². The Labute approximate surface area is 108 Å². The monoisotopic (exact) mass is 238 g/mol. The lowest BCUT2D eigenvalue weighted by Crippen LogP contribution is -2.15. The summed E-state index contributed by atoms with van der Waals surface area (Å²) >= 11 is 0. The lowest BCUT2D eigenvalue weighted by Gasteiger charge is -2.11. The Bertz CT molecular complexity index is 536. The number of aromatic nitrogens is 1. The number of hydrogen-bond acceptors (Lipinski definition) is 2. The summed E-state index contributed by atoms with van der Waals surface area (Å²) in [7, 11) is 0. The molecule has 2 nitrogen and oxygen atoms in total. The molecule has 1 aromatic heterocycles. The van der Waals surface area contributed by atoms with Crippen molar-refractivity contribution < 1.29 is 0 Å². The fourth-order valence-corrected chi connectivity index (χ4v) is 2.66. The molecule has 0 amide bonds. The molecular weight excluding hydrogens is 220 g/mol. The van der Waals surface area contributed by atoms with Crippen molar-refractivity contribution in [3.63, 3.8) is 0 Å². The largest absolute Gasteiger partial charge is 0.322 e. The summed E-state index contributed by atoms with van der Waals surface area (Å²) in [6.07, 6.45) is 1.18. The Hall–Kier alpha value is -1.67. The second-order valence-electron chi connectivity index (χ2n) is 5.15. The van der Waals surface area contributed by atoms with Crippen molar-refractivity contribution in [1.29, 1.82) is 0 Å². The molecule has 2 N–H and O–H groups in total. The van der Waals surface area contributed by atoms with Crippen LogP contribution in [0.1, 0.15) is 35.3 Å². The van der Waals surface area contributed by atoms with Gasteiger partial charge in [0.15, 0.2) is 0 Å². The smallest absolute Gasteiger partial charge is 0.0577 e. The summed E-state index contributed by atoms with van der Waals surface area (Å²) in [5.41, 5.74) is 9.81. The van der Waals surface area contributed by atoms with Gasteiger partial charge in [-0.2, -0.15) is 0 Å². The lowest BCUT2D eigenvalue weighted by atomic mass is 10.0. The first-order valence-electron chi connectivity index (χ1n) is 6.50. The van der Waals surface area contributed by atoms with Crippen LogP contribution < -0.4 is 5.73 Å². The van der Waals surface area contributed by atoms with E-state index in [1.807, 2.05) is 25.1 Å². The molecule has 18 heavy (non-hydrogen) atoms. The number of nitrogens with two attached hydrogens (primary N) is 1. The second-order valence-corrected chi connectivity index (χ2v) is 5.15. The number of hydrogen-bond donors (Lipinski definition) is 1. The standard InChI is InChI=1S/C16H18N2/c1-11-6-5-9-15(18-11)16(17)14-10-13(14)12-7-3-2-4-8-12/h2-9,13-14,16H,10,17H2,1H3. The van der Waals surface area contributed by atoms with E-state index in [4.69, 9.17) is 5.73 Å². The highest BCUT2D eigenvalue weighted by Gasteiger charge is 2.43. The van der Waals surface area contributed by atoms with E-state index in [9.17, 15) is 0 Å². The zero-order chi connectivity index (χ0) is 12.5.